The molecule has 2 N–H and O–H groups in total. The van der Waals surface area contributed by atoms with Crippen molar-refractivity contribution in [2.75, 3.05) is 13.2 Å². The second-order valence-electron chi connectivity index (χ2n) is 6.74. The molecule has 1 aromatic heterocycles. The third-order valence-electron chi connectivity index (χ3n) is 4.11. The van der Waals surface area contributed by atoms with Gasteiger partial charge < -0.3 is 10.5 Å². The van der Waals surface area contributed by atoms with Gasteiger partial charge in [0.2, 0.25) is 5.82 Å². The molecule has 0 aliphatic rings. The van der Waals surface area contributed by atoms with Gasteiger partial charge in [-0.15, -0.1) is 0 Å². The van der Waals surface area contributed by atoms with E-state index in [2.05, 4.69) is 23.8 Å². The molecule has 0 aliphatic carbocycles. The minimum Gasteiger partial charge on any atom is -0.493 e. The maximum atomic E-state index is 12.8. The molecule has 0 saturated carbocycles. The molecule has 2 rings (SSSR count). The molecule has 4 nitrogen and oxygen atoms in total. The lowest BCUT2D eigenvalue weighted by atomic mass is 9.98. The highest BCUT2D eigenvalue weighted by Crippen LogP contribution is 2.29. The van der Waals surface area contributed by atoms with Crippen molar-refractivity contribution in [2.24, 2.45) is 17.6 Å². The van der Waals surface area contributed by atoms with E-state index >= 15 is 0 Å². The van der Waals surface area contributed by atoms with E-state index in [1.165, 1.54) is 6.07 Å². The molecule has 2 unspecified atom stereocenters. The molecule has 7 heteroatoms. The van der Waals surface area contributed by atoms with E-state index < -0.39 is 12.0 Å². The number of nitrogens with zero attached hydrogens (tertiary/aromatic N) is 2. The van der Waals surface area contributed by atoms with E-state index in [0.717, 1.165) is 18.2 Å². The smallest absolute Gasteiger partial charge is 0.451 e. The van der Waals surface area contributed by atoms with Crippen molar-refractivity contribution < 1.29 is 17.9 Å². The zero-order chi connectivity index (χ0) is 19.3. The molecule has 1 aromatic carbocycles. The second kappa shape index (κ2) is 8.49. The quantitative estimate of drug-likeness (QED) is 0.784. The second-order valence-corrected chi connectivity index (χ2v) is 6.74. The fourth-order valence-electron chi connectivity index (χ4n) is 2.71. The Morgan fingerprint density at radius 3 is 2.50 bits per heavy atom. The summed E-state index contributed by atoms with van der Waals surface area (Å²) in [6.07, 6.45) is -2.47. The molecular formula is C19H24F3N3O. The first-order chi connectivity index (χ1) is 12.2. The Bertz CT molecular complexity index is 734. The van der Waals surface area contributed by atoms with Gasteiger partial charge in [-0.05, 0) is 61.6 Å². The molecule has 0 aliphatic heterocycles. The summed E-state index contributed by atoms with van der Waals surface area (Å²) in [6, 6.07) is 6.70. The molecule has 26 heavy (non-hydrogen) atoms. The summed E-state index contributed by atoms with van der Waals surface area (Å²) in [5.41, 5.74) is 7.30. The highest BCUT2D eigenvalue weighted by Gasteiger charge is 2.34. The first-order valence-electron chi connectivity index (χ1n) is 8.54. The number of rotatable bonds is 7. The zero-order valence-corrected chi connectivity index (χ0v) is 15.2. The molecular weight excluding hydrogens is 343 g/mol. The third-order valence-corrected chi connectivity index (χ3v) is 4.11. The minimum atomic E-state index is -4.56. The lowest BCUT2D eigenvalue weighted by Crippen LogP contribution is -2.17. The van der Waals surface area contributed by atoms with Crippen LogP contribution in [0.1, 0.15) is 31.7 Å². The maximum absolute atomic E-state index is 12.8. The van der Waals surface area contributed by atoms with Gasteiger partial charge in [0.1, 0.15) is 5.75 Å². The number of nitrogens with two attached hydrogens (primary N) is 1. The average Bonchev–Trinajstić information content (AvgIpc) is 2.60. The Hall–Kier alpha value is -2.15. The van der Waals surface area contributed by atoms with E-state index in [1.54, 1.807) is 18.2 Å². The van der Waals surface area contributed by atoms with E-state index in [0.29, 0.717) is 36.3 Å². The average molecular weight is 367 g/mol. The SMILES string of the molecule is Cc1cc(-c2ccnc(C(F)(F)F)n2)ccc1OCC(C)CC(C)CN. The summed E-state index contributed by atoms with van der Waals surface area (Å²) >= 11 is 0. The predicted octanol–water partition coefficient (Wildman–Crippen LogP) is 4.47. The summed E-state index contributed by atoms with van der Waals surface area (Å²) in [5.74, 6) is 0.378. The Kier molecular flexibility index (Phi) is 6.58. The number of aryl methyl sites for hydroxylation is 1. The summed E-state index contributed by atoms with van der Waals surface area (Å²) in [6.45, 7) is 7.29. The van der Waals surface area contributed by atoms with Gasteiger partial charge in [-0.1, -0.05) is 13.8 Å². The number of aromatic nitrogens is 2. The Morgan fingerprint density at radius 1 is 1.15 bits per heavy atom. The van der Waals surface area contributed by atoms with E-state index in [4.69, 9.17) is 10.5 Å². The van der Waals surface area contributed by atoms with E-state index in [9.17, 15) is 13.2 Å². The monoisotopic (exact) mass is 367 g/mol. The van der Waals surface area contributed by atoms with E-state index in [-0.39, 0.29) is 5.69 Å². The van der Waals surface area contributed by atoms with Crippen molar-refractivity contribution in [3.05, 3.63) is 41.9 Å². The molecule has 0 spiro atoms. The van der Waals surface area contributed by atoms with Crippen LogP contribution in [0.3, 0.4) is 0 Å². The van der Waals surface area contributed by atoms with Crippen LogP contribution in [0.4, 0.5) is 13.2 Å². The van der Waals surface area contributed by atoms with Crippen LogP contribution < -0.4 is 10.5 Å². The van der Waals surface area contributed by atoms with Crippen molar-refractivity contribution in [2.45, 2.75) is 33.4 Å². The van der Waals surface area contributed by atoms with Gasteiger partial charge in [0.15, 0.2) is 0 Å². The van der Waals surface area contributed by atoms with Crippen LogP contribution in [0.5, 0.6) is 5.75 Å². The van der Waals surface area contributed by atoms with Gasteiger partial charge in [-0.2, -0.15) is 13.2 Å². The first-order valence-corrected chi connectivity index (χ1v) is 8.54. The van der Waals surface area contributed by atoms with Crippen LogP contribution in [-0.4, -0.2) is 23.1 Å². The Balaban J connectivity index is 2.10. The van der Waals surface area contributed by atoms with Crippen LogP contribution in [0.15, 0.2) is 30.5 Å². The lowest BCUT2D eigenvalue weighted by Gasteiger charge is -2.18. The summed E-state index contributed by atoms with van der Waals surface area (Å²) in [4.78, 5) is 6.90. The topological polar surface area (TPSA) is 61.0 Å². The van der Waals surface area contributed by atoms with Gasteiger partial charge in [0.05, 0.1) is 12.3 Å². The summed E-state index contributed by atoms with van der Waals surface area (Å²) in [7, 11) is 0. The molecule has 2 aromatic rings. The van der Waals surface area contributed by atoms with Crippen LogP contribution in [-0.2, 0) is 6.18 Å². The number of halogens is 3. The molecule has 0 fully saturated rings. The van der Waals surface area contributed by atoms with Crippen molar-refractivity contribution in [1.82, 2.24) is 9.97 Å². The number of hydrogen-bond acceptors (Lipinski definition) is 4. The van der Waals surface area contributed by atoms with Gasteiger partial charge in [0, 0.05) is 11.8 Å². The first kappa shape index (κ1) is 20.2. The standard InChI is InChI=1S/C19H24F3N3O/c1-12(10-23)8-13(2)11-26-17-5-4-15(9-14(17)3)16-6-7-24-18(25-16)19(20,21)22/h4-7,9,12-13H,8,10-11,23H2,1-3H3. The van der Waals surface area contributed by atoms with Gasteiger partial charge >= 0.3 is 6.18 Å². The fourth-order valence-corrected chi connectivity index (χ4v) is 2.71. The van der Waals surface area contributed by atoms with Gasteiger partial charge in [-0.3, -0.25) is 0 Å². The number of hydrogen-bond donors (Lipinski definition) is 1. The molecule has 0 amide bonds. The predicted molar refractivity (Wildman–Crippen MR) is 94.7 cm³/mol. The molecule has 0 saturated heterocycles. The van der Waals surface area contributed by atoms with Crippen LogP contribution >= 0.6 is 0 Å². The minimum absolute atomic E-state index is 0.229. The third kappa shape index (κ3) is 5.42. The zero-order valence-electron chi connectivity index (χ0n) is 15.2. The van der Waals surface area contributed by atoms with Crippen LogP contribution in [0.2, 0.25) is 0 Å². The van der Waals surface area contributed by atoms with Crippen molar-refractivity contribution in [1.29, 1.82) is 0 Å². The van der Waals surface area contributed by atoms with Crippen molar-refractivity contribution in [3.8, 4) is 17.0 Å². The summed E-state index contributed by atoms with van der Waals surface area (Å²) < 4.78 is 44.2. The largest absolute Gasteiger partial charge is 0.493 e. The number of ether oxygens (including phenoxy) is 1. The molecule has 142 valence electrons. The van der Waals surface area contributed by atoms with Crippen molar-refractivity contribution >= 4 is 0 Å². The summed E-state index contributed by atoms with van der Waals surface area (Å²) in [5, 5.41) is 0. The van der Waals surface area contributed by atoms with Crippen molar-refractivity contribution in [3.63, 3.8) is 0 Å². The number of alkyl halides is 3. The highest BCUT2D eigenvalue weighted by molar-refractivity contribution is 5.61. The Labute approximate surface area is 151 Å². The molecule has 2 atom stereocenters. The van der Waals surface area contributed by atoms with Crippen LogP contribution in [0.25, 0.3) is 11.3 Å². The number of benzene rings is 1. The lowest BCUT2D eigenvalue weighted by molar-refractivity contribution is -0.144. The van der Waals surface area contributed by atoms with Gasteiger partial charge in [0.25, 0.3) is 0 Å². The fraction of sp³-hybridized carbons (Fsp3) is 0.474. The molecule has 0 radical (unpaired) electrons. The van der Waals surface area contributed by atoms with Gasteiger partial charge in [-0.25, -0.2) is 9.97 Å². The van der Waals surface area contributed by atoms with E-state index in [1.807, 2.05) is 6.92 Å². The maximum Gasteiger partial charge on any atom is 0.451 e. The highest BCUT2D eigenvalue weighted by atomic mass is 19.4. The Morgan fingerprint density at radius 2 is 1.88 bits per heavy atom. The molecule has 1 heterocycles. The van der Waals surface area contributed by atoms with Crippen LogP contribution in [0, 0.1) is 18.8 Å². The normalized spacial score (nSPS) is 14.1. The molecule has 0 bridgehead atoms.